The Kier molecular flexibility index (Phi) is 4.14. The first-order valence-corrected chi connectivity index (χ1v) is 8.67. The molecule has 0 unspecified atom stereocenters. The highest BCUT2D eigenvalue weighted by Gasteiger charge is 2.42. The van der Waals surface area contributed by atoms with Gasteiger partial charge in [0.2, 0.25) is 10.0 Å². The molecule has 0 amide bonds. The number of fused-ring (bicyclic) bond motifs is 2. The van der Waals surface area contributed by atoms with Gasteiger partial charge in [0.05, 0.1) is 5.75 Å². The zero-order valence-electron chi connectivity index (χ0n) is 11.0. The maximum atomic E-state index is 11.9. The largest absolute Gasteiger partial charge is 0.212 e. The minimum atomic E-state index is -3.05. The Labute approximate surface area is 105 Å². The number of nitrogens with one attached hydrogen (secondary N) is 1. The molecule has 1 N–H and O–H groups in total. The van der Waals surface area contributed by atoms with Crippen molar-refractivity contribution >= 4 is 10.0 Å². The average molecular weight is 259 g/mol. The van der Waals surface area contributed by atoms with Crippen LogP contribution in [0.15, 0.2) is 0 Å². The highest BCUT2D eigenvalue weighted by atomic mass is 32.2. The summed E-state index contributed by atoms with van der Waals surface area (Å²) in [6.45, 7) is 4.07. The molecule has 3 nitrogen and oxygen atoms in total. The van der Waals surface area contributed by atoms with Gasteiger partial charge in [-0.05, 0) is 50.4 Å². The van der Waals surface area contributed by atoms with Crippen LogP contribution in [0, 0.1) is 17.8 Å². The Bertz CT molecular complexity index is 352. The molecule has 0 radical (unpaired) electrons. The number of hydrogen-bond acceptors (Lipinski definition) is 2. The van der Waals surface area contributed by atoms with Crippen molar-refractivity contribution in [3.05, 3.63) is 0 Å². The second kappa shape index (κ2) is 5.27. The van der Waals surface area contributed by atoms with E-state index in [0.717, 1.165) is 24.7 Å². The summed E-state index contributed by atoms with van der Waals surface area (Å²) in [5.41, 5.74) is 0. The predicted octanol–water partition coefficient (Wildman–Crippen LogP) is 2.53. The van der Waals surface area contributed by atoms with Crippen LogP contribution in [0.5, 0.6) is 0 Å². The Morgan fingerprint density at radius 3 is 2.59 bits per heavy atom. The SMILES string of the molecule is CCCCS(=O)(=O)N[C@@H](C)[C@H]1C[C@H]2CC[C@H]1C2. The fraction of sp³-hybridized carbons (Fsp3) is 1.00. The molecule has 2 saturated carbocycles. The first-order valence-electron chi connectivity index (χ1n) is 7.02. The predicted molar refractivity (Wildman–Crippen MR) is 70.2 cm³/mol. The number of sulfonamides is 1. The monoisotopic (exact) mass is 259 g/mol. The summed E-state index contributed by atoms with van der Waals surface area (Å²) in [4.78, 5) is 0. The Morgan fingerprint density at radius 1 is 1.29 bits per heavy atom. The molecule has 0 saturated heterocycles. The summed E-state index contributed by atoms with van der Waals surface area (Å²) in [5, 5.41) is 0. The summed E-state index contributed by atoms with van der Waals surface area (Å²) >= 11 is 0. The molecule has 0 aromatic heterocycles. The van der Waals surface area contributed by atoms with Crippen molar-refractivity contribution in [2.24, 2.45) is 17.8 Å². The number of rotatable bonds is 6. The van der Waals surface area contributed by atoms with E-state index in [1.54, 1.807) is 0 Å². The molecule has 4 atom stereocenters. The third-order valence-electron chi connectivity index (χ3n) is 4.57. The molecule has 2 aliphatic carbocycles. The molecule has 17 heavy (non-hydrogen) atoms. The highest BCUT2D eigenvalue weighted by molar-refractivity contribution is 7.89. The van der Waals surface area contributed by atoms with E-state index in [1.165, 1.54) is 25.7 Å². The van der Waals surface area contributed by atoms with Gasteiger partial charge in [0, 0.05) is 6.04 Å². The zero-order valence-corrected chi connectivity index (χ0v) is 11.8. The Morgan fingerprint density at radius 2 is 2.06 bits per heavy atom. The smallest absolute Gasteiger partial charge is 0.211 e. The Hall–Kier alpha value is -0.0900. The maximum absolute atomic E-state index is 11.9. The van der Waals surface area contributed by atoms with Crippen LogP contribution in [0.2, 0.25) is 0 Å². The summed E-state index contributed by atoms with van der Waals surface area (Å²) < 4.78 is 26.6. The van der Waals surface area contributed by atoms with E-state index < -0.39 is 10.0 Å². The summed E-state index contributed by atoms with van der Waals surface area (Å²) in [5.74, 6) is 2.54. The lowest BCUT2D eigenvalue weighted by Crippen LogP contribution is -2.41. The second-order valence-corrected chi connectivity index (χ2v) is 7.79. The van der Waals surface area contributed by atoms with Gasteiger partial charge in [0.25, 0.3) is 0 Å². The van der Waals surface area contributed by atoms with Crippen molar-refractivity contribution in [2.75, 3.05) is 5.75 Å². The summed E-state index contributed by atoms with van der Waals surface area (Å²) in [7, 11) is -3.05. The van der Waals surface area contributed by atoms with Crippen molar-refractivity contribution in [3.8, 4) is 0 Å². The quantitative estimate of drug-likeness (QED) is 0.796. The van der Waals surface area contributed by atoms with E-state index in [-0.39, 0.29) is 11.8 Å². The van der Waals surface area contributed by atoms with Crippen LogP contribution in [0.4, 0.5) is 0 Å². The third-order valence-corrected chi connectivity index (χ3v) is 6.12. The van der Waals surface area contributed by atoms with E-state index in [2.05, 4.69) is 11.6 Å². The van der Waals surface area contributed by atoms with Crippen molar-refractivity contribution in [1.29, 1.82) is 0 Å². The molecule has 2 fully saturated rings. The molecule has 4 heteroatoms. The standard InChI is InChI=1S/C13H25NO2S/c1-3-4-7-17(15,16)14-10(2)13-9-11-5-6-12(13)8-11/h10-14H,3-9H2,1-2H3/t10-,11-,12-,13+/m0/s1. The van der Waals surface area contributed by atoms with Gasteiger partial charge in [-0.25, -0.2) is 13.1 Å². The van der Waals surface area contributed by atoms with Crippen molar-refractivity contribution in [2.45, 2.75) is 58.4 Å². The highest BCUT2D eigenvalue weighted by Crippen LogP contribution is 2.49. The molecule has 0 aliphatic heterocycles. The van der Waals surface area contributed by atoms with Crippen LogP contribution in [0.1, 0.15) is 52.4 Å². The van der Waals surface area contributed by atoms with Crippen molar-refractivity contribution < 1.29 is 8.42 Å². The normalized spacial score (nSPS) is 34.1. The van der Waals surface area contributed by atoms with Gasteiger partial charge < -0.3 is 0 Å². The fourth-order valence-corrected chi connectivity index (χ4v) is 5.20. The molecule has 0 aromatic carbocycles. The van der Waals surface area contributed by atoms with Gasteiger partial charge in [-0.2, -0.15) is 0 Å². The molecule has 2 rings (SSSR count). The number of unbranched alkanes of at least 4 members (excludes halogenated alkanes) is 1. The van der Waals surface area contributed by atoms with E-state index in [9.17, 15) is 8.42 Å². The Balaban J connectivity index is 1.86. The first kappa shape index (κ1) is 13.3. The third kappa shape index (κ3) is 3.22. The van der Waals surface area contributed by atoms with Gasteiger partial charge in [-0.3, -0.25) is 0 Å². The molecule has 0 aromatic rings. The molecular formula is C13H25NO2S. The molecule has 100 valence electrons. The lowest BCUT2D eigenvalue weighted by Gasteiger charge is -2.28. The summed E-state index contributed by atoms with van der Waals surface area (Å²) in [6.07, 6.45) is 6.96. The van der Waals surface area contributed by atoms with Gasteiger partial charge >= 0.3 is 0 Å². The lowest BCUT2D eigenvalue weighted by molar-refractivity contribution is 0.280. The van der Waals surface area contributed by atoms with Gasteiger partial charge in [0.15, 0.2) is 0 Å². The van der Waals surface area contributed by atoms with Crippen LogP contribution >= 0.6 is 0 Å². The fourth-order valence-electron chi connectivity index (χ4n) is 3.67. The van der Waals surface area contributed by atoms with Crippen LogP contribution in [0.3, 0.4) is 0 Å². The second-order valence-electron chi connectivity index (χ2n) is 5.92. The van der Waals surface area contributed by atoms with Crippen molar-refractivity contribution in [1.82, 2.24) is 4.72 Å². The first-order chi connectivity index (χ1) is 8.02. The van der Waals surface area contributed by atoms with Crippen LogP contribution in [0.25, 0.3) is 0 Å². The molecular weight excluding hydrogens is 234 g/mol. The lowest BCUT2D eigenvalue weighted by atomic mass is 9.84. The van der Waals surface area contributed by atoms with Gasteiger partial charge in [0.1, 0.15) is 0 Å². The van der Waals surface area contributed by atoms with E-state index in [0.29, 0.717) is 5.92 Å². The molecule has 0 spiro atoms. The maximum Gasteiger partial charge on any atom is 0.211 e. The summed E-state index contributed by atoms with van der Waals surface area (Å²) in [6, 6.07) is 0.132. The van der Waals surface area contributed by atoms with Crippen molar-refractivity contribution in [3.63, 3.8) is 0 Å². The van der Waals surface area contributed by atoms with Crippen LogP contribution in [-0.2, 0) is 10.0 Å². The van der Waals surface area contributed by atoms with Crippen LogP contribution in [-0.4, -0.2) is 20.2 Å². The van der Waals surface area contributed by atoms with E-state index in [4.69, 9.17) is 0 Å². The molecule has 2 bridgehead atoms. The molecule has 0 heterocycles. The number of hydrogen-bond donors (Lipinski definition) is 1. The topological polar surface area (TPSA) is 46.2 Å². The van der Waals surface area contributed by atoms with E-state index in [1.807, 2.05) is 6.92 Å². The minimum absolute atomic E-state index is 0.132. The van der Waals surface area contributed by atoms with E-state index >= 15 is 0 Å². The molecule has 2 aliphatic rings. The van der Waals surface area contributed by atoms with Gasteiger partial charge in [-0.1, -0.05) is 19.8 Å². The van der Waals surface area contributed by atoms with Gasteiger partial charge in [-0.15, -0.1) is 0 Å². The minimum Gasteiger partial charge on any atom is -0.212 e. The zero-order chi connectivity index (χ0) is 12.5. The average Bonchev–Trinajstić information content (AvgIpc) is 2.87. The van der Waals surface area contributed by atoms with Crippen LogP contribution < -0.4 is 4.72 Å².